The minimum atomic E-state index is 0.878. The largest absolute Gasteiger partial charge is 0.143 e. The van der Waals surface area contributed by atoms with E-state index in [1.165, 1.54) is 5.56 Å². The lowest BCUT2D eigenvalue weighted by Gasteiger charge is -2.09. The first-order chi connectivity index (χ1) is 10.1. The molecular formula is C18H14S3. The number of hydrogen-bond donors (Lipinski definition) is 3. The number of hydrogen-bond acceptors (Lipinski definition) is 3. The van der Waals surface area contributed by atoms with Crippen LogP contribution in [-0.2, 0) is 0 Å². The predicted molar refractivity (Wildman–Crippen MR) is 99.1 cm³/mol. The molecule has 0 nitrogen and oxygen atoms in total. The molecule has 3 rings (SSSR count). The van der Waals surface area contributed by atoms with Crippen molar-refractivity contribution in [2.45, 2.75) is 14.7 Å². The average Bonchev–Trinajstić information content (AvgIpc) is 2.51. The zero-order valence-electron chi connectivity index (χ0n) is 11.2. The molecule has 0 heterocycles. The summed E-state index contributed by atoms with van der Waals surface area (Å²) in [5, 5.41) is 0. The highest BCUT2D eigenvalue weighted by Crippen LogP contribution is 2.32. The molecule has 0 fully saturated rings. The van der Waals surface area contributed by atoms with Gasteiger partial charge < -0.3 is 0 Å². The fourth-order valence-electron chi connectivity index (χ4n) is 2.28. The van der Waals surface area contributed by atoms with Crippen LogP contribution in [0.15, 0.2) is 81.4 Å². The fourth-order valence-corrected chi connectivity index (χ4v) is 2.97. The monoisotopic (exact) mass is 326 g/mol. The van der Waals surface area contributed by atoms with Crippen molar-refractivity contribution in [3.8, 4) is 22.3 Å². The van der Waals surface area contributed by atoms with Gasteiger partial charge in [0.05, 0.1) is 0 Å². The third kappa shape index (κ3) is 3.15. The van der Waals surface area contributed by atoms with E-state index in [1.807, 2.05) is 36.4 Å². The summed E-state index contributed by atoms with van der Waals surface area (Å²) in [5.74, 6) is 0. The highest BCUT2D eigenvalue weighted by molar-refractivity contribution is 7.83. The summed E-state index contributed by atoms with van der Waals surface area (Å²) in [6.45, 7) is 0. The van der Waals surface area contributed by atoms with Crippen molar-refractivity contribution in [3.63, 3.8) is 0 Å². The van der Waals surface area contributed by atoms with Crippen molar-refractivity contribution in [1.82, 2.24) is 0 Å². The molecule has 21 heavy (non-hydrogen) atoms. The smallest absolute Gasteiger partial charge is 0.0180 e. The zero-order valence-corrected chi connectivity index (χ0v) is 13.9. The lowest BCUT2D eigenvalue weighted by molar-refractivity contribution is 1.27. The van der Waals surface area contributed by atoms with Crippen molar-refractivity contribution >= 4 is 37.9 Å². The van der Waals surface area contributed by atoms with Crippen LogP contribution in [0.5, 0.6) is 0 Å². The van der Waals surface area contributed by atoms with Gasteiger partial charge in [-0.15, -0.1) is 37.9 Å². The molecule has 3 aromatic carbocycles. The fraction of sp³-hybridized carbons (Fsp3) is 0. The maximum absolute atomic E-state index is 4.64. The van der Waals surface area contributed by atoms with Crippen LogP contribution in [0, 0.1) is 0 Å². The van der Waals surface area contributed by atoms with Gasteiger partial charge in [-0.3, -0.25) is 0 Å². The van der Waals surface area contributed by atoms with E-state index in [0.717, 1.165) is 31.4 Å². The molecule has 0 spiro atoms. The van der Waals surface area contributed by atoms with Crippen LogP contribution in [0.25, 0.3) is 22.3 Å². The van der Waals surface area contributed by atoms with Crippen LogP contribution in [0.1, 0.15) is 0 Å². The molecular weight excluding hydrogens is 312 g/mol. The second-order valence-corrected chi connectivity index (χ2v) is 6.25. The first-order valence-electron chi connectivity index (χ1n) is 6.56. The highest BCUT2D eigenvalue weighted by atomic mass is 32.1. The topological polar surface area (TPSA) is 0 Å². The van der Waals surface area contributed by atoms with Crippen molar-refractivity contribution in [2.75, 3.05) is 0 Å². The normalized spacial score (nSPS) is 10.6. The van der Waals surface area contributed by atoms with Crippen molar-refractivity contribution in [1.29, 1.82) is 0 Å². The first-order valence-corrected chi connectivity index (χ1v) is 7.90. The molecule has 0 radical (unpaired) electrons. The van der Waals surface area contributed by atoms with Gasteiger partial charge in [0.1, 0.15) is 0 Å². The molecule has 0 aromatic heterocycles. The van der Waals surface area contributed by atoms with Gasteiger partial charge in [-0.05, 0) is 40.5 Å². The molecule has 0 bridgehead atoms. The van der Waals surface area contributed by atoms with Gasteiger partial charge in [0, 0.05) is 14.7 Å². The van der Waals surface area contributed by atoms with E-state index in [0.29, 0.717) is 0 Å². The quantitative estimate of drug-likeness (QED) is 0.481. The molecule has 3 heteroatoms. The summed E-state index contributed by atoms with van der Waals surface area (Å²) in [5.41, 5.74) is 4.56. The molecule has 0 N–H and O–H groups in total. The Balaban J connectivity index is 2.03. The Hall–Kier alpha value is -1.29. The van der Waals surface area contributed by atoms with Crippen LogP contribution in [-0.4, -0.2) is 0 Å². The summed E-state index contributed by atoms with van der Waals surface area (Å²) in [6, 6.07) is 22.6. The van der Waals surface area contributed by atoms with Crippen LogP contribution in [0.4, 0.5) is 0 Å². The third-order valence-corrected chi connectivity index (χ3v) is 4.70. The van der Waals surface area contributed by atoms with E-state index in [9.17, 15) is 0 Å². The van der Waals surface area contributed by atoms with Gasteiger partial charge >= 0.3 is 0 Å². The molecule has 0 aliphatic carbocycles. The Labute approximate surface area is 141 Å². The van der Waals surface area contributed by atoms with Gasteiger partial charge in [0.15, 0.2) is 0 Å². The second kappa shape index (κ2) is 6.22. The SMILES string of the molecule is Sc1ccc(-c2ccc(-c3ccccc3)c(S)c2)cc1S. The van der Waals surface area contributed by atoms with E-state index in [1.54, 1.807) is 0 Å². The first kappa shape index (κ1) is 14.6. The van der Waals surface area contributed by atoms with E-state index in [-0.39, 0.29) is 0 Å². The van der Waals surface area contributed by atoms with Crippen molar-refractivity contribution in [2.24, 2.45) is 0 Å². The second-order valence-electron chi connectivity index (χ2n) is 4.80. The minimum Gasteiger partial charge on any atom is -0.143 e. The van der Waals surface area contributed by atoms with Gasteiger partial charge in [0.25, 0.3) is 0 Å². The van der Waals surface area contributed by atoms with E-state index < -0.39 is 0 Å². The van der Waals surface area contributed by atoms with Crippen molar-refractivity contribution < 1.29 is 0 Å². The van der Waals surface area contributed by atoms with E-state index >= 15 is 0 Å². The molecule has 0 aliphatic rings. The van der Waals surface area contributed by atoms with E-state index in [2.05, 4.69) is 68.2 Å². The van der Waals surface area contributed by atoms with Crippen LogP contribution < -0.4 is 0 Å². The van der Waals surface area contributed by atoms with E-state index in [4.69, 9.17) is 0 Å². The maximum atomic E-state index is 4.64. The van der Waals surface area contributed by atoms with Crippen molar-refractivity contribution in [3.05, 3.63) is 66.7 Å². The number of thiol groups is 3. The maximum Gasteiger partial charge on any atom is 0.0180 e. The van der Waals surface area contributed by atoms with Gasteiger partial charge in [-0.2, -0.15) is 0 Å². The van der Waals surface area contributed by atoms with Gasteiger partial charge in [0.2, 0.25) is 0 Å². The Bertz CT molecular complexity index is 780. The Morgan fingerprint density at radius 1 is 0.476 bits per heavy atom. The molecule has 104 valence electrons. The van der Waals surface area contributed by atoms with Crippen LogP contribution >= 0.6 is 37.9 Å². The average molecular weight is 327 g/mol. The standard InChI is InChI=1S/C18H14S3/c19-16-9-7-14(11-18(16)21)13-6-8-15(17(20)10-13)12-4-2-1-3-5-12/h1-11,19-21H. The van der Waals surface area contributed by atoms with Gasteiger partial charge in [-0.25, -0.2) is 0 Å². The summed E-state index contributed by atoms with van der Waals surface area (Å²) in [7, 11) is 0. The summed E-state index contributed by atoms with van der Waals surface area (Å²) in [6.07, 6.45) is 0. The molecule has 0 unspecified atom stereocenters. The van der Waals surface area contributed by atoms with Crippen LogP contribution in [0.3, 0.4) is 0 Å². The molecule has 0 saturated carbocycles. The highest BCUT2D eigenvalue weighted by Gasteiger charge is 2.06. The predicted octanol–water partition coefficient (Wildman–Crippen LogP) is 5.89. The number of benzene rings is 3. The lowest BCUT2D eigenvalue weighted by Crippen LogP contribution is -1.84. The third-order valence-electron chi connectivity index (χ3n) is 3.39. The minimum absolute atomic E-state index is 0.878. The molecule has 3 aromatic rings. The summed E-state index contributed by atoms with van der Waals surface area (Å²) < 4.78 is 0. The zero-order chi connectivity index (χ0) is 14.8. The Morgan fingerprint density at radius 3 is 1.71 bits per heavy atom. The van der Waals surface area contributed by atoms with Crippen LogP contribution in [0.2, 0.25) is 0 Å². The number of rotatable bonds is 2. The Kier molecular flexibility index (Phi) is 4.34. The molecule has 0 aliphatic heterocycles. The summed E-state index contributed by atoms with van der Waals surface area (Å²) >= 11 is 13.4. The molecule has 0 atom stereocenters. The van der Waals surface area contributed by atoms with Gasteiger partial charge in [-0.1, -0.05) is 48.5 Å². The lowest BCUT2D eigenvalue weighted by atomic mass is 10.0. The molecule has 0 saturated heterocycles. The summed E-state index contributed by atoms with van der Waals surface area (Å²) in [4.78, 5) is 2.73. The molecule has 0 amide bonds. The Morgan fingerprint density at radius 2 is 1.10 bits per heavy atom.